The molecule has 0 aliphatic carbocycles. The number of hydrogen-bond acceptors (Lipinski definition) is 2. The summed E-state index contributed by atoms with van der Waals surface area (Å²) in [6.07, 6.45) is 6.48. The molecule has 2 heteroatoms. The molecule has 0 atom stereocenters. The first-order chi connectivity index (χ1) is 5.31. The van der Waals surface area contributed by atoms with Crippen LogP contribution >= 0.6 is 0 Å². The van der Waals surface area contributed by atoms with Crippen molar-refractivity contribution in [2.45, 2.75) is 27.2 Å². The predicted octanol–water partition coefficient (Wildman–Crippen LogP) is 2.82. The van der Waals surface area contributed by atoms with Gasteiger partial charge in [0, 0.05) is 0 Å². The number of ether oxygens (including phenoxy) is 2. The molecular weight excluding hydrogens is 140 g/mol. The van der Waals surface area contributed by atoms with Gasteiger partial charge in [0.25, 0.3) is 0 Å². The average Bonchev–Trinajstić information content (AvgIpc) is 2.04. The molecule has 0 saturated carbocycles. The van der Waals surface area contributed by atoms with Crippen LogP contribution in [-0.4, -0.2) is 6.79 Å². The fourth-order valence-electron chi connectivity index (χ4n) is 0.414. The molecule has 0 unspecified atom stereocenters. The Labute approximate surface area is 68.5 Å². The first-order valence-corrected chi connectivity index (χ1v) is 3.83. The Morgan fingerprint density at radius 3 is 2.73 bits per heavy atom. The molecule has 0 N–H and O–H groups in total. The average molecular weight is 156 g/mol. The van der Waals surface area contributed by atoms with Gasteiger partial charge in [0.15, 0.2) is 0 Å². The van der Waals surface area contributed by atoms with E-state index in [1.165, 1.54) is 0 Å². The van der Waals surface area contributed by atoms with Crippen LogP contribution < -0.4 is 0 Å². The van der Waals surface area contributed by atoms with Crippen LogP contribution in [-0.2, 0) is 9.47 Å². The fraction of sp³-hybridized carbons (Fsp3) is 0.556. The second kappa shape index (κ2) is 7.19. The molecule has 0 aliphatic rings. The lowest BCUT2D eigenvalue weighted by atomic mass is 10.5. The largest absolute Gasteiger partial charge is 0.465 e. The van der Waals surface area contributed by atoms with Crippen molar-refractivity contribution in [1.29, 1.82) is 0 Å². The summed E-state index contributed by atoms with van der Waals surface area (Å²) in [7, 11) is 0. The fourth-order valence-corrected chi connectivity index (χ4v) is 0.414. The minimum absolute atomic E-state index is 0.298. The lowest BCUT2D eigenvalue weighted by Gasteiger charge is -2.03. The van der Waals surface area contributed by atoms with E-state index in [-0.39, 0.29) is 0 Å². The molecule has 0 fully saturated rings. The summed E-state index contributed by atoms with van der Waals surface area (Å²) in [5, 5.41) is 0. The molecule has 0 amide bonds. The summed E-state index contributed by atoms with van der Waals surface area (Å²) in [5.74, 6) is 0.884. The van der Waals surface area contributed by atoms with E-state index in [0.717, 1.165) is 12.2 Å². The Morgan fingerprint density at radius 1 is 1.45 bits per heavy atom. The summed E-state index contributed by atoms with van der Waals surface area (Å²) in [4.78, 5) is 0. The van der Waals surface area contributed by atoms with Gasteiger partial charge in [-0.15, -0.1) is 0 Å². The topological polar surface area (TPSA) is 18.5 Å². The van der Waals surface area contributed by atoms with Gasteiger partial charge in [-0.05, 0) is 32.4 Å². The summed E-state index contributed by atoms with van der Waals surface area (Å²) in [6, 6.07) is 0. The van der Waals surface area contributed by atoms with Crippen molar-refractivity contribution < 1.29 is 9.47 Å². The second-order valence-electron chi connectivity index (χ2n) is 2.11. The Hall–Kier alpha value is -0.920. The van der Waals surface area contributed by atoms with E-state index in [9.17, 15) is 0 Å². The number of rotatable bonds is 5. The monoisotopic (exact) mass is 156 g/mol. The third-order valence-electron chi connectivity index (χ3n) is 1.19. The van der Waals surface area contributed by atoms with E-state index in [4.69, 9.17) is 9.47 Å². The predicted molar refractivity (Wildman–Crippen MR) is 45.9 cm³/mol. The minimum atomic E-state index is 0.298. The Bertz CT molecular complexity index is 136. The Morgan fingerprint density at radius 2 is 2.18 bits per heavy atom. The smallest absolute Gasteiger partial charge is 0.229 e. The number of hydrogen-bond donors (Lipinski definition) is 0. The standard InChI is InChI=1S/C9H16O2/c1-4-6-7-10-8-11-9(3)5-2/h5-7H,4,8H2,1-3H3/b7-6+,9-5+. The van der Waals surface area contributed by atoms with E-state index >= 15 is 0 Å². The molecule has 0 saturated heterocycles. The molecule has 2 nitrogen and oxygen atoms in total. The van der Waals surface area contributed by atoms with Gasteiger partial charge in [-0.2, -0.15) is 0 Å². The first-order valence-electron chi connectivity index (χ1n) is 3.83. The van der Waals surface area contributed by atoms with E-state index in [0.29, 0.717) is 6.79 Å². The first kappa shape index (κ1) is 10.1. The quantitative estimate of drug-likeness (QED) is 0.346. The Kier molecular flexibility index (Phi) is 6.59. The molecule has 64 valence electrons. The van der Waals surface area contributed by atoms with Gasteiger partial charge in [0.05, 0.1) is 12.0 Å². The van der Waals surface area contributed by atoms with Crippen LogP contribution in [0.5, 0.6) is 0 Å². The second-order valence-corrected chi connectivity index (χ2v) is 2.11. The van der Waals surface area contributed by atoms with Crippen molar-refractivity contribution in [3.8, 4) is 0 Å². The zero-order valence-corrected chi connectivity index (χ0v) is 7.46. The van der Waals surface area contributed by atoms with Crippen molar-refractivity contribution in [2.24, 2.45) is 0 Å². The third kappa shape index (κ3) is 6.97. The van der Waals surface area contributed by atoms with Crippen molar-refractivity contribution in [3.05, 3.63) is 24.2 Å². The van der Waals surface area contributed by atoms with Gasteiger partial charge < -0.3 is 9.47 Å². The normalized spacial score (nSPS) is 12.1. The highest BCUT2D eigenvalue weighted by Gasteiger charge is 1.83. The van der Waals surface area contributed by atoms with Gasteiger partial charge in [-0.25, -0.2) is 0 Å². The maximum Gasteiger partial charge on any atom is 0.229 e. The zero-order chi connectivity index (χ0) is 8.53. The molecule has 0 rings (SSSR count). The molecule has 11 heavy (non-hydrogen) atoms. The van der Waals surface area contributed by atoms with Crippen LogP contribution in [0.3, 0.4) is 0 Å². The highest BCUT2D eigenvalue weighted by atomic mass is 16.7. The van der Waals surface area contributed by atoms with Crippen molar-refractivity contribution in [3.63, 3.8) is 0 Å². The van der Waals surface area contributed by atoms with Gasteiger partial charge >= 0.3 is 0 Å². The zero-order valence-electron chi connectivity index (χ0n) is 7.46. The van der Waals surface area contributed by atoms with Crippen molar-refractivity contribution in [1.82, 2.24) is 0 Å². The van der Waals surface area contributed by atoms with Crippen LogP contribution in [0.15, 0.2) is 24.2 Å². The van der Waals surface area contributed by atoms with Gasteiger partial charge in [0.2, 0.25) is 6.79 Å². The molecule has 0 bridgehead atoms. The molecule has 0 aromatic carbocycles. The van der Waals surface area contributed by atoms with Crippen LogP contribution in [0, 0.1) is 0 Å². The van der Waals surface area contributed by atoms with E-state index in [2.05, 4.69) is 6.92 Å². The lowest BCUT2D eigenvalue weighted by molar-refractivity contribution is 0.0292. The van der Waals surface area contributed by atoms with Gasteiger partial charge in [-0.1, -0.05) is 6.92 Å². The van der Waals surface area contributed by atoms with Crippen molar-refractivity contribution >= 4 is 0 Å². The van der Waals surface area contributed by atoms with Crippen LogP contribution in [0.1, 0.15) is 27.2 Å². The van der Waals surface area contributed by atoms with Gasteiger partial charge in [-0.3, -0.25) is 0 Å². The summed E-state index contributed by atoms with van der Waals surface area (Å²) < 4.78 is 10.1. The highest BCUT2D eigenvalue weighted by molar-refractivity contribution is 4.83. The van der Waals surface area contributed by atoms with E-state index < -0.39 is 0 Å². The van der Waals surface area contributed by atoms with Gasteiger partial charge in [0.1, 0.15) is 0 Å². The molecule has 0 spiro atoms. The van der Waals surface area contributed by atoms with E-state index in [1.54, 1.807) is 6.26 Å². The molecule has 0 aromatic rings. The van der Waals surface area contributed by atoms with Crippen LogP contribution in [0.4, 0.5) is 0 Å². The number of allylic oxidation sites excluding steroid dienone is 3. The maximum absolute atomic E-state index is 5.13. The molecule has 0 aromatic heterocycles. The molecular formula is C9H16O2. The maximum atomic E-state index is 5.13. The van der Waals surface area contributed by atoms with Crippen LogP contribution in [0.2, 0.25) is 0 Å². The van der Waals surface area contributed by atoms with Crippen LogP contribution in [0.25, 0.3) is 0 Å². The Balaban J connectivity index is 3.21. The highest BCUT2D eigenvalue weighted by Crippen LogP contribution is 1.94. The summed E-state index contributed by atoms with van der Waals surface area (Å²) in [6.45, 7) is 6.18. The summed E-state index contributed by atoms with van der Waals surface area (Å²) in [5.41, 5.74) is 0. The van der Waals surface area contributed by atoms with E-state index in [1.807, 2.05) is 26.0 Å². The molecule has 0 radical (unpaired) electrons. The van der Waals surface area contributed by atoms with Crippen molar-refractivity contribution in [2.75, 3.05) is 6.79 Å². The third-order valence-corrected chi connectivity index (χ3v) is 1.19. The summed E-state index contributed by atoms with van der Waals surface area (Å²) >= 11 is 0. The molecule has 0 aliphatic heterocycles. The lowest BCUT2D eigenvalue weighted by Crippen LogP contribution is -1.92. The molecule has 0 heterocycles. The SMILES string of the molecule is C/C=C(\C)OCO/C=C/CC. The minimum Gasteiger partial charge on any atom is -0.465 e.